The first-order valence-electron chi connectivity index (χ1n) is 17.0. The Morgan fingerprint density at radius 3 is 1.86 bits per heavy atom. The maximum absolute atomic E-state index is 6.46. The van der Waals surface area contributed by atoms with Crippen molar-refractivity contribution in [2.75, 3.05) is 0 Å². The molecule has 0 amide bonds. The van der Waals surface area contributed by atoms with Gasteiger partial charge in [-0.3, -0.25) is 9.88 Å². The van der Waals surface area contributed by atoms with E-state index in [0.717, 1.165) is 50.1 Å². The summed E-state index contributed by atoms with van der Waals surface area (Å²) in [5.41, 5.74) is 10.9. The molecule has 9 aromatic rings. The number of rotatable bonds is 4. The first-order chi connectivity index (χ1) is 24.8. The highest BCUT2D eigenvalue weighted by Crippen LogP contribution is 2.36. The van der Waals surface area contributed by atoms with Gasteiger partial charge in [0.05, 0.1) is 11.0 Å². The van der Waals surface area contributed by atoms with E-state index < -0.39 is 0 Å². The number of aromatic nitrogens is 1. The molecule has 2 aromatic heterocycles. The highest BCUT2D eigenvalue weighted by Gasteiger charge is 2.28. The van der Waals surface area contributed by atoms with Gasteiger partial charge in [-0.1, -0.05) is 133 Å². The molecule has 0 spiro atoms. The van der Waals surface area contributed by atoms with E-state index in [9.17, 15) is 0 Å². The molecular formula is C45H32N4O. The molecule has 50 heavy (non-hydrogen) atoms. The molecule has 0 saturated heterocycles. The van der Waals surface area contributed by atoms with E-state index in [-0.39, 0.29) is 12.3 Å². The fourth-order valence-electron chi connectivity index (χ4n) is 7.43. The van der Waals surface area contributed by atoms with E-state index in [1.807, 2.05) is 12.1 Å². The molecule has 2 N–H and O–H groups in total. The minimum Gasteiger partial charge on any atom is -0.456 e. The van der Waals surface area contributed by atoms with Crippen LogP contribution in [0.1, 0.15) is 23.5 Å². The Hall–Kier alpha value is -6.43. The Kier molecular flexibility index (Phi) is 6.64. The van der Waals surface area contributed by atoms with Crippen LogP contribution in [0.15, 0.2) is 179 Å². The minimum atomic E-state index is -0.267. The van der Waals surface area contributed by atoms with Gasteiger partial charge >= 0.3 is 0 Å². The summed E-state index contributed by atoms with van der Waals surface area (Å²) in [4.78, 5) is 5.32. The van der Waals surface area contributed by atoms with Gasteiger partial charge in [-0.2, -0.15) is 0 Å². The first kappa shape index (κ1) is 28.6. The number of hydrogen-bond acceptors (Lipinski definition) is 4. The molecule has 238 valence electrons. The lowest BCUT2D eigenvalue weighted by molar-refractivity contribution is 0.403. The molecule has 1 aliphatic heterocycles. The van der Waals surface area contributed by atoms with Crippen molar-refractivity contribution < 1.29 is 4.42 Å². The van der Waals surface area contributed by atoms with Crippen molar-refractivity contribution in [3.05, 3.63) is 181 Å². The Morgan fingerprint density at radius 2 is 1.10 bits per heavy atom. The third kappa shape index (κ3) is 4.79. The van der Waals surface area contributed by atoms with Crippen molar-refractivity contribution in [2.24, 2.45) is 4.99 Å². The Bertz CT molecular complexity index is 2710. The summed E-state index contributed by atoms with van der Waals surface area (Å²) in [5, 5.41) is 12.2. The highest BCUT2D eigenvalue weighted by molar-refractivity contribution is 6.15. The fraction of sp³-hybridized carbons (Fsp3) is 0.0444. The summed E-state index contributed by atoms with van der Waals surface area (Å²) in [7, 11) is 0. The predicted molar refractivity (Wildman–Crippen MR) is 205 cm³/mol. The maximum atomic E-state index is 6.46. The van der Waals surface area contributed by atoms with Crippen molar-refractivity contribution in [3.63, 3.8) is 0 Å². The van der Waals surface area contributed by atoms with Crippen LogP contribution >= 0.6 is 0 Å². The molecule has 0 saturated carbocycles. The molecule has 10 rings (SSSR count). The summed E-state index contributed by atoms with van der Waals surface area (Å²) in [6.07, 6.45) is -0.498. The van der Waals surface area contributed by atoms with E-state index in [2.05, 4.69) is 173 Å². The third-order valence-corrected chi connectivity index (χ3v) is 9.89. The van der Waals surface area contributed by atoms with Crippen molar-refractivity contribution in [1.29, 1.82) is 0 Å². The Labute approximate surface area is 289 Å². The van der Waals surface area contributed by atoms with Crippen LogP contribution in [-0.4, -0.2) is 10.5 Å². The lowest BCUT2D eigenvalue weighted by Gasteiger charge is -2.32. The average molecular weight is 645 g/mol. The van der Waals surface area contributed by atoms with Crippen molar-refractivity contribution >= 4 is 49.7 Å². The number of hydrogen-bond donors (Lipinski definition) is 2. The summed E-state index contributed by atoms with van der Waals surface area (Å²) < 4.78 is 8.73. The standard InChI is InChI=1S/C45H32N4O/c1-4-12-29(13-5-1)32-21-24-40-37(26-32)35-18-10-11-19-39(35)49(40)45-47-43(31-16-8-3-9-17-31)46-44(48-45)34-20-23-36-38-27-33(30-14-6-2-7-15-30)22-25-41(38)50-42(36)28-34/h1-28,43-44,46H,(H,47,48). The zero-order valence-corrected chi connectivity index (χ0v) is 27.1. The van der Waals surface area contributed by atoms with Gasteiger partial charge < -0.3 is 9.73 Å². The second-order valence-electron chi connectivity index (χ2n) is 12.9. The molecular weight excluding hydrogens is 613 g/mol. The average Bonchev–Trinajstić information content (AvgIpc) is 3.73. The lowest BCUT2D eigenvalue weighted by Crippen LogP contribution is -2.47. The van der Waals surface area contributed by atoms with Crippen molar-refractivity contribution in [3.8, 4) is 22.3 Å². The maximum Gasteiger partial charge on any atom is 0.206 e. The highest BCUT2D eigenvalue weighted by atomic mass is 16.3. The number of aliphatic imine (C=N–C) groups is 1. The second kappa shape index (κ2) is 11.6. The predicted octanol–water partition coefficient (Wildman–Crippen LogP) is 10.8. The van der Waals surface area contributed by atoms with Crippen LogP contribution in [0.4, 0.5) is 0 Å². The van der Waals surface area contributed by atoms with Gasteiger partial charge in [0, 0.05) is 21.5 Å². The summed E-state index contributed by atoms with van der Waals surface area (Å²) >= 11 is 0. The molecule has 2 atom stereocenters. The Morgan fingerprint density at radius 1 is 0.460 bits per heavy atom. The van der Waals surface area contributed by atoms with Gasteiger partial charge in [0.2, 0.25) is 5.96 Å². The minimum absolute atomic E-state index is 0.231. The molecule has 5 heteroatoms. The van der Waals surface area contributed by atoms with E-state index in [1.54, 1.807) is 0 Å². The van der Waals surface area contributed by atoms with Crippen LogP contribution in [-0.2, 0) is 0 Å². The molecule has 2 unspecified atom stereocenters. The molecule has 0 bridgehead atoms. The normalized spacial score (nSPS) is 16.2. The van der Waals surface area contributed by atoms with Gasteiger partial charge in [-0.15, -0.1) is 0 Å². The molecule has 0 aliphatic carbocycles. The van der Waals surface area contributed by atoms with Gasteiger partial charge in [0.25, 0.3) is 0 Å². The van der Waals surface area contributed by atoms with Crippen molar-refractivity contribution in [2.45, 2.75) is 12.3 Å². The SMILES string of the molecule is c1ccc(-c2ccc3oc4cc(C5NC(n6c7ccccc7c7cc(-c8ccccc8)ccc76)=NC(c6ccccc6)N5)ccc4c3c2)cc1. The van der Waals surface area contributed by atoms with E-state index in [1.165, 1.54) is 33.0 Å². The monoisotopic (exact) mass is 644 g/mol. The number of nitrogens with one attached hydrogen (secondary N) is 2. The van der Waals surface area contributed by atoms with Gasteiger partial charge in [0.1, 0.15) is 23.5 Å². The zero-order chi connectivity index (χ0) is 33.0. The van der Waals surface area contributed by atoms with Gasteiger partial charge in [0.15, 0.2) is 0 Å². The second-order valence-corrected chi connectivity index (χ2v) is 12.9. The fourth-order valence-corrected chi connectivity index (χ4v) is 7.43. The number of nitrogens with zero attached hydrogens (tertiary/aromatic N) is 2. The van der Waals surface area contributed by atoms with Crippen LogP contribution in [0, 0.1) is 0 Å². The van der Waals surface area contributed by atoms with Gasteiger partial charge in [-0.25, -0.2) is 4.99 Å². The van der Waals surface area contributed by atoms with Crippen LogP contribution in [0.2, 0.25) is 0 Å². The zero-order valence-electron chi connectivity index (χ0n) is 27.1. The largest absolute Gasteiger partial charge is 0.456 e. The first-order valence-corrected chi connectivity index (χ1v) is 17.0. The van der Waals surface area contributed by atoms with E-state index in [0.29, 0.717) is 0 Å². The molecule has 1 aliphatic rings. The molecule has 7 aromatic carbocycles. The molecule has 0 radical (unpaired) electrons. The number of para-hydroxylation sites is 1. The summed E-state index contributed by atoms with van der Waals surface area (Å²) in [5.74, 6) is 0.790. The Balaban J connectivity index is 1.09. The van der Waals surface area contributed by atoms with Crippen LogP contribution in [0.5, 0.6) is 0 Å². The van der Waals surface area contributed by atoms with Crippen LogP contribution in [0.3, 0.4) is 0 Å². The lowest BCUT2D eigenvalue weighted by atomic mass is 10.0. The summed E-state index contributed by atoms with van der Waals surface area (Å²) in [6, 6.07) is 59.8. The van der Waals surface area contributed by atoms with Crippen LogP contribution in [0.25, 0.3) is 66.0 Å². The third-order valence-electron chi connectivity index (χ3n) is 9.89. The van der Waals surface area contributed by atoms with Crippen molar-refractivity contribution in [1.82, 2.24) is 15.2 Å². The number of benzene rings is 7. The van der Waals surface area contributed by atoms with Crippen LogP contribution < -0.4 is 10.6 Å². The molecule has 0 fully saturated rings. The van der Waals surface area contributed by atoms with Gasteiger partial charge in [-0.05, 0) is 69.8 Å². The van der Waals surface area contributed by atoms with E-state index in [4.69, 9.17) is 9.41 Å². The summed E-state index contributed by atoms with van der Waals surface area (Å²) in [6.45, 7) is 0. The number of fused-ring (bicyclic) bond motifs is 6. The smallest absolute Gasteiger partial charge is 0.206 e. The number of furan rings is 1. The molecule has 5 nitrogen and oxygen atoms in total. The topological polar surface area (TPSA) is 54.5 Å². The molecule has 3 heterocycles. The quantitative estimate of drug-likeness (QED) is 0.200. The van der Waals surface area contributed by atoms with E-state index >= 15 is 0 Å².